The fourth-order valence-corrected chi connectivity index (χ4v) is 3.87. The lowest BCUT2D eigenvalue weighted by molar-refractivity contribution is -0.116. The van der Waals surface area contributed by atoms with Crippen LogP contribution in [0.15, 0.2) is 24.3 Å². The Labute approximate surface area is 161 Å². The molecular weight excluding hydrogens is 342 g/mol. The van der Waals surface area contributed by atoms with Crippen molar-refractivity contribution in [1.82, 2.24) is 10.2 Å². The molecule has 1 aromatic carbocycles. The van der Waals surface area contributed by atoms with Crippen molar-refractivity contribution in [3.8, 4) is 0 Å². The van der Waals surface area contributed by atoms with Gasteiger partial charge in [-0.1, -0.05) is 0 Å². The van der Waals surface area contributed by atoms with Gasteiger partial charge in [0.25, 0.3) is 5.91 Å². The standard InChI is InChI=1S/C21H31N3O3/c1-24(19-10-14-27-15-11-19)21(26)17-3-5-18(6-4-17)23-20(25)7-2-16-8-12-22-13-9-16/h3-6,16,19,22H,2,7-15H2,1H3,(H,23,25). The second-order valence-electron chi connectivity index (χ2n) is 7.62. The van der Waals surface area contributed by atoms with Gasteiger partial charge in [0, 0.05) is 44.0 Å². The molecule has 0 atom stereocenters. The minimum Gasteiger partial charge on any atom is -0.381 e. The Morgan fingerprint density at radius 2 is 1.78 bits per heavy atom. The minimum atomic E-state index is 0.0192. The molecule has 3 rings (SSSR count). The summed E-state index contributed by atoms with van der Waals surface area (Å²) in [6.45, 7) is 3.55. The van der Waals surface area contributed by atoms with Crippen molar-refractivity contribution in [3.63, 3.8) is 0 Å². The lowest BCUT2D eigenvalue weighted by Gasteiger charge is -2.31. The number of ether oxygens (including phenoxy) is 1. The van der Waals surface area contributed by atoms with E-state index in [0.717, 1.165) is 50.9 Å². The number of benzene rings is 1. The number of hydrogen-bond acceptors (Lipinski definition) is 4. The first-order valence-electron chi connectivity index (χ1n) is 10.1. The van der Waals surface area contributed by atoms with E-state index in [0.29, 0.717) is 31.1 Å². The first-order chi connectivity index (χ1) is 13.1. The van der Waals surface area contributed by atoms with Gasteiger partial charge in [0.1, 0.15) is 0 Å². The third kappa shape index (κ3) is 5.78. The van der Waals surface area contributed by atoms with Gasteiger partial charge in [-0.05, 0) is 75.4 Å². The highest BCUT2D eigenvalue weighted by Crippen LogP contribution is 2.19. The number of carbonyl (C=O) groups is 2. The molecule has 2 aliphatic rings. The number of hydrogen-bond donors (Lipinski definition) is 2. The molecule has 148 valence electrons. The van der Waals surface area contributed by atoms with Gasteiger partial charge in [0.2, 0.25) is 5.91 Å². The van der Waals surface area contributed by atoms with Crippen LogP contribution in [0, 0.1) is 5.92 Å². The predicted molar refractivity (Wildman–Crippen MR) is 106 cm³/mol. The van der Waals surface area contributed by atoms with Crippen LogP contribution in [0.25, 0.3) is 0 Å². The molecule has 0 spiro atoms. The monoisotopic (exact) mass is 373 g/mol. The van der Waals surface area contributed by atoms with Crippen molar-refractivity contribution in [2.75, 3.05) is 38.7 Å². The van der Waals surface area contributed by atoms with Crippen LogP contribution in [-0.4, -0.2) is 56.1 Å². The van der Waals surface area contributed by atoms with Crippen molar-refractivity contribution in [1.29, 1.82) is 0 Å². The van der Waals surface area contributed by atoms with E-state index in [4.69, 9.17) is 4.74 Å². The smallest absolute Gasteiger partial charge is 0.253 e. The largest absolute Gasteiger partial charge is 0.381 e. The molecule has 0 radical (unpaired) electrons. The molecule has 2 heterocycles. The molecule has 2 fully saturated rings. The number of rotatable bonds is 6. The van der Waals surface area contributed by atoms with Crippen LogP contribution < -0.4 is 10.6 Å². The van der Waals surface area contributed by atoms with Gasteiger partial charge in [-0.15, -0.1) is 0 Å². The second-order valence-corrected chi connectivity index (χ2v) is 7.62. The van der Waals surface area contributed by atoms with Gasteiger partial charge in [0.05, 0.1) is 0 Å². The summed E-state index contributed by atoms with van der Waals surface area (Å²) in [6, 6.07) is 7.45. The highest BCUT2D eigenvalue weighted by Gasteiger charge is 2.23. The van der Waals surface area contributed by atoms with Gasteiger partial charge in [0.15, 0.2) is 0 Å². The molecule has 2 aliphatic heterocycles. The summed E-state index contributed by atoms with van der Waals surface area (Å²) >= 11 is 0. The van der Waals surface area contributed by atoms with Crippen LogP contribution >= 0.6 is 0 Å². The zero-order valence-electron chi connectivity index (χ0n) is 16.2. The highest BCUT2D eigenvalue weighted by atomic mass is 16.5. The number of anilines is 1. The lowest BCUT2D eigenvalue weighted by atomic mass is 9.93. The summed E-state index contributed by atoms with van der Waals surface area (Å²) in [5.74, 6) is 0.718. The van der Waals surface area contributed by atoms with Crippen LogP contribution in [0.2, 0.25) is 0 Å². The first kappa shape index (κ1) is 19.8. The third-order valence-electron chi connectivity index (χ3n) is 5.71. The Morgan fingerprint density at radius 1 is 1.11 bits per heavy atom. The van der Waals surface area contributed by atoms with Gasteiger partial charge in [-0.2, -0.15) is 0 Å². The average molecular weight is 373 g/mol. The Bertz CT molecular complexity index is 620. The van der Waals surface area contributed by atoms with Crippen molar-refractivity contribution >= 4 is 17.5 Å². The summed E-state index contributed by atoms with van der Waals surface area (Å²) < 4.78 is 5.37. The number of piperidine rings is 1. The van der Waals surface area contributed by atoms with E-state index in [-0.39, 0.29) is 17.9 Å². The van der Waals surface area contributed by atoms with Crippen LogP contribution in [0.3, 0.4) is 0 Å². The Balaban J connectivity index is 1.47. The molecule has 27 heavy (non-hydrogen) atoms. The average Bonchev–Trinajstić information content (AvgIpc) is 2.73. The Hall–Kier alpha value is -1.92. The summed E-state index contributed by atoms with van der Waals surface area (Å²) in [5, 5.41) is 6.29. The van der Waals surface area contributed by atoms with Gasteiger partial charge in [-0.3, -0.25) is 9.59 Å². The molecule has 0 bridgehead atoms. The number of amides is 2. The molecule has 6 nitrogen and oxygen atoms in total. The maximum atomic E-state index is 12.6. The molecule has 0 unspecified atom stereocenters. The predicted octanol–water partition coefficient (Wildman–Crippen LogP) is 2.66. The van der Waals surface area contributed by atoms with Crippen LogP contribution in [0.4, 0.5) is 5.69 Å². The van der Waals surface area contributed by atoms with Crippen molar-refractivity contribution in [2.24, 2.45) is 5.92 Å². The topological polar surface area (TPSA) is 70.7 Å². The van der Waals surface area contributed by atoms with E-state index in [2.05, 4.69) is 10.6 Å². The van der Waals surface area contributed by atoms with Gasteiger partial charge >= 0.3 is 0 Å². The number of carbonyl (C=O) groups excluding carboxylic acids is 2. The van der Waals surface area contributed by atoms with Gasteiger partial charge < -0.3 is 20.3 Å². The molecule has 0 aliphatic carbocycles. The Morgan fingerprint density at radius 3 is 2.44 bits per heavy atom. The summed E-state index contributed by atoms with van der Waals surface area (Å²) in [5.41, 5.74) is 1.40. The summed E-state index contributed by atoms with van der Waals surface area (Å²) in [7, 11) is 1.86. The maximum Gasteiger partial charge on any atom is 0.253 e. The molecule has 2 saturated heterocycles. The first-order valence-corrected chi connectivity index (χ1v) is 10.1. The van der Waals surface area contributed by atoms with E-state index in [1.165, 1.54) is 0 Å². The van der Waals surface area contributed by atoms with Crippen LogP contribution in [0.1, 0.15) is 48.9 Å². The normalized spacial score (nSPS) is 18.9. The molecule has 1 aromatic rings. The number of nitrogens with one attached hydrogen (secondary N) is 2. The molecule has 2 amide bonds. The summed E-state index contributed by atoms with van der Waals surface area (Å²) in [6.07, 6.45) is 5.58. The van der Waals surface area contributed by atoms with Crippen LogP contribution in [0.5, 0.6) is 0 Å². The molecule has 6 heteroatoms. The zero-order valence-corrected chi connectivity index (χ0v) is 16.2. The molecule has 2 N–H and O–H groups in total. The fraction of sp³-hybridized carbons (Fsp3) is 0.619. The second kappa shape index (κ2) is 9.85. The third-order valence-corrected chi connectivity index (χ3v) is 5.71. The quantitative estimate of drug-likeness (QED) is 0.804. The van der Waals surface area contributed by atoms with Crippen molar-refractivity contribution in [2.45, 2.75) is 44.6 Å². The van der Waals surface area contributed by atoms with E-state index >= 15 is 0 Å². The lowest BCUT2D eigenvalue weighted by Crippen LogP contribution is -2.40. The van der Waals surface area contributed by atoms with E-state index in [9.17, 15) is 9.59 Å². The molecule has 0 saturated carbocycles. The summed E-state index contributed by atoms with van der Waals surface area (Å²) in [4.78, 5) is 26.6. The van der Waals surface area contributed by atoms with Crippen LogP contribution in [-0.2, 0) is 9.53 Å². The minimum absolute atomic E-state index is 0.0192. The Kier molecular flexibility index (Phi) is 7.24. The van der Waals surface area contributed by atoms with E-state index < -0.39 is 0 Å². The maximum absolute atomic E-state index is 12.6. The number of nitrogens with zero attached hydrogens (tertiary/aromatic N) is 1. The van der Waals surface area contributed by atoms with E-state index in [1.54, 1.807) is 12.1 Å². The fourth-order valence-electron chi connectivity index (χ4n) is 3.87. The molecular formula is C21H31N3O3. The zero-order chi connectivity index (χ0) is 19.1. The SMILES string of the molecule is CN(C(=O)c1ccc(NC(=O)CCC2CCNCC2)cc1)C1CCOCC1. The van der Waals surface area contributed by atoms with E-state index in [1.807, 2.05) is 24.1 Å². The highest BCUT2D eigenvalue weighted by molar-refractivity contribution is 5.95. The van der Waals surface area contributed by atoms with Gasteiger partial charge in [-0.25, -0.2) is 0 Å². The van der Waals surface area contributed by atoms with Crippen molar-refractivity contribution in [3.05, 3.63) is 29.8 Å². The van der Waals surface area contributed by atoms with Crippen molar-refractivity contribution < 1.29 is 14.3 Å². The molecule has 0 aromatic heterocycles.